The van der Waals surface area contributed by atoms with Crippen molar-refractivity contribution in [1.82, 2.24) is 20.6 Å². The lowest BCUT2D eigenvalue weighted by Crippen LogP contribution is -2.52. The summed E-state index contributed by atoms with van der Waals surface area (Å²) in [7, 11) is 0. The lowest BCUT2D eigenvalue weighted by atomic mass is 9.93. The SMILES string of the molecule is CCC1(C(=O)NCc2ccnc(C)n2)CCCN1. The summed E-state index contributed by atoms with van der Waals surface area (Å²) >= 11 is 0. The number of rotatable bonds is 4. The first-order chi connectivity index (χ1) is 8.66. The van der Waals surface area contributed by atoms with Crippen LogP contribution in [0.1, 0.15) is 37.7 Å². The zero-order valence-corrected chi connectivity index (χ0v) is 11.0. The molecule has 0 radical (unpaired) electrons. The van der Waals surface area contributed by atoms with Gasteiger partial charge in [0.15, 0.2) is 0 Å². The molecule has 2 heterocycles. The fraction of sp³-hybridized carbons (Fsp3) is 0.615. The molecule has 0 aromatic carbocycles. The molecular weight excluding hydrogens is 228 g/mol. The van der Waals surface area contributed by atoms with E-state index in [2.05, 4.69) is 20.6 Å². The van der Waals surface area contributed by atoms with Crippen molar-refractivity contribution in [2.45, 2.75) is 45.2 Å². The van der Waals surface area contributed by atoms with Crippen LogP contribution in [-0.2, 0) is 11.3 Å². The average molecular weight is 248 g/mol. The Labute approximate surface area is 107 Å². The van der Waals surface area contributed by atoms with Gasteiger partial charge in [-0.15, -0.1) is 0 Å². The molecule has 2 N–H and O–H groups in total. The van der Waals surface area contributed by atoms with Gasteiger partial charge in [-0.2, -0.15) is 0 Å². The standard InChI is InChI=1S/C13H20N4O/c1-3-13(6-4-7-16-13)12(18)15-9-11-5-8-14-10(2)17-11/h5,8,16H,3-4,6-7,9H2,1-2H3,(H,15,18). The summed E-state index contributed by atoms with van der Waals surface area (Å²) in [6.07, 6.45) is 4.51. The summed E-state index contributed by atoms with van der Waals surface area (Å²) in [4.78, 5) is 20.6. The number of aromatic nitrogens is 2. The van der Waals surface area contributed by atoms with E-state index in [0.717, 1.165) is 37.3 Å². The van der Waals surface area contributed by atoms with Crippen LogP contribution in [0.4, 0.5) is 0 Å². The molecule has 1 aliphatic rings. The Hall–Kier alpha value is -1.49. The molecule has 0 spiro atoms. The zero-order valence-electron chi connectivity index (χ0n) is 11.0. The van der Waals surface area contributed by atoms with Crippen molar-refractivity contribution in [1.29, 1.82) is 0 Å². The van der Waals surface area contributed by atoms with Crippen molar-refractivity contribution >= 4 is 5.91 Å². The van der Waals surface area contributed by atoms with Crippen LogP contribution in [-0.4, -0.2) is 28.0 Å². The van der Waals surface area contributed by atoms with Crippen LogP contribution in [0.15, 0.2) is 12.3 Å². The Kier molecular flexibility index (Phi) is 3.91. The highest BCUT2D eigenvalue weighted by Crippen LogP contribution is 2.23. The molecule has 5 nitrogen and oxygen atoms in total. The summed E-state index contributed by atoms with van der Waals surface area (Å²) in [5, 5.41) is 6.29. The topological polar surface area (TPSA) is 66.9 Å². The maximum Gasteiger partial charge on any atom is 0.240 e. The molecule has 0 saturated carbocycles. The average Bonchev–Trinajstić information content (AvgIpc) is 2.86. The molecular formula is C13H20N4O. The lowest BCUT2D eigenvalue weighted by Gasteiger charge is -2.26. The number of amides is 1. The third-order valence-corrected chi connectivity index (χ3v) is 3.55. The first kappa shape index (κ1) is 13.0. The molecule has 1 aromatic heterocycles. The molecule has 1 atom stereocenters. The van der Waals surface area contributed by atoms with Crippen LogP contribution in [0, 0.1) is 6.92 Å². The van der Waals surface area contributed by atoms with E-state index in [1.807, 2.05) is 19.9 Å². The predicted molar refractivity (Wildman–Crippen MR) is 68.9 cm³/mol. The Morgan fingerprint density at radius 1 is 1.61 bits per heavy atom. The van der Waals surface area contributed by atoms with Crippen molar-refractivity contribution < 1.29 is 4.79 Å². The van der Waals surface area contributed by atoms with Crippen molar-refractivity contribution in [2.75, 3.05) is 6.54 Å². The van der Waals surface area contributed by atoms with Crippen molar-refractivity contribution in [2.24, 2.45) is 0 Å². The summed E-state index contributed by atoms with van der Waals surface area (Å²) in [5.74, 6) is 0.810. The normalized spacial score (nSPS) is 23.0. The molecule has 18 heavy (non-hydrogen) atoms. The molecule has 98 valence electrons. The number of carbonyl (C=O) groups is 1. The van der Waals surface area contributed by atoms with E-state index in [9.17, 15) is 4.79 Å². The van der Waals surface area contributed by atoms with Gasteiger partial charge in [-0.3, -0.25) is 4.79 Å². The smallest absolute Gasteiger partial charge is 0.240 e. The van der Waals surface area contributed by atoms with Gasteiger partial charge in [-0.05, 0) is 38.8 Å². The molecule has 5 heteroatoms. The van der Waals surface area contributed by atoms with Gasteiger partial charge < -0.3 is 10.6 Å². The van der Waals surface area contributed by atoms with E-state index < -0.39 is 0 Å². The number of hydrogen-bond acceptors (Lipinski definition) is 4. The molecule has 1 aliphatic heterocycles. The minimum absolute atomic E-state index is 0.0822. The maximum atomic E-state index is 12.2. The summed E-state index contributed by atoms with van der Waals surface area (Å²) < 4.78 is 0. The highest BCUT2D eigenvalue weighted by atomic mass is 16.2. The number of nitrogens with zero attached hydrogens (tertiary/aromatic N) is 2. The predicted octanol–water partition coefficient (Wildman–Crippen LogP) is 0.933. The number of hydrogen-bond donors (Lipinski definition) is 2. The highest BCUT2D eigenvalue weighted by Gasteiger charge is 2.38. The maximum absolute atomic E-state index is 12.2. The Bertz CT molecular complexity index is 427. The molecule has 1 unspecified atom stereocenters. The minimum Gasteiger partial charge on any atom is -0.349 e. The Morgan fingerprint density at radius 3 is 3.06 bits per heavy atom. The second kappa shape index (κ2) is 5.44. The van der Waals surface area contributed by atoms with E-state index in [1.165, 1.54) is 0 Å². The fourth-order valence-corrected chi connectivity index (χ4v) is 2.41. The van der Waals surface area contributed by atoms with E-state index in [0.29, 0.717) is 6.54 Å². The largest absolute Gasteiger partial charge is 0.349 e. The van der Waals surface area contributed by atoms with Crippen molar-refractivity contribution in [3.8, 4) is 0 Å². The monoisotopic (exact) mass is 248 g/mol. The molecule has 1 amide bonds. The minimum atomic E-state index is -0.373. The molecule has 1 fully saturated rings. The van der Waals surface area contributed by atoms with Gasteiger partial charge >= 0.3 is 0 Å². The lowest BCUT2D eigenvalue weighted by molar-refractivity contribution is -0.127. The number of aryl methyl sites for hydroxylation is 1. The molecule has 1 saturated heterocycles. The number of carbonyl (C=O) groups excluding carboxylic acids is 1. The van der Waals surface area contributed by atoms with Gasteiger partial charge in [0, 0.05) is 6.20 Å². The first-order valence-electron chi connectivity index (χ1n) is 6.48. The summed E-state index contributed by atoms with van der Waals surface area (Å²) in [6.45, 7) is 5.28. The zero-order chi connectivity index (χ0) is 13.0. The third-order valence-electron chi connectivity index (χ3n) is 3.55. The third kappa shape index (κ3) is 2.67. The van der Waals surface area contributed by atoms with Crippen molar-refractivity contribution in [3.63, 3.8) is 0 Å². The van der Waals surface area contributed by atoms with Gasteiger partial charge in [0.25, 0.3) is 0 Å². The number of nitrogens with one attached hydrogen (secondary N) is 2. The van der Waals surface area contributed by atoms with Crippen LogP contribution < -0.4 is 10.6 Å². The van der Waals surface area contributed by atoms with E-state index >= 15 is 0 Å². The van der Waals surface area contributed by atoms with E-state index in [-0.39, 0.29) is 11.4 Å². The van der Waals surface area contributed by atoms with Crippen LogP contribution in [0.3, 0.4) is 0 Å². The second-order valence-electron chi connectivity index (χ2n) is 4.74. The molecule has 2 rings (SSSR count). The summed E-state index contributed by atoms with van der Waals surface area (Å²) in [5.41, 5.74) is 0.474. The van der Waals surface area contributed by atoms with Crippen LogP contribution in [0.25, 0.3) is 0 Å². The highest BCUT2D eigenvalue weighted by molar-refractivity contribution is 5.86. The quantitative estimate of drug-likeness (QED) is 0.832. The molecule has 1 aromatic rings. The Morgan fingerprint density at radius 2 is 2.44 bits per heavy atom. The second-order valence-corrected chi connectivity index (χ2v) is 4.74. The van der Waals surface area contributed by atoms with Gasteiger partial charge in [0.1, 0.15) is 5.82 Å². The molecule has 0 bridgehead atoms. The van der Waals surface area contributed by atoms with Gasteiger partial charge in [0.2, 0.25) is 5.91 Å². The van der Waals surface area contributed by atoms with Gasteiger partial charge in [-0.25, -0.2) is 9.97 Å². The van der Waals surface area contributed by atoms with Crippen molar-refractivity contribution in [3.05, 3.63) is 23.8 Å². The van der Waals surface area contributed by atoms with Gasteiger partial charge in [0.05, 0.1) is 17.8 Å². The fourth-order valence-electron chi connectivity index (χ4n) is 2.41. The van der Waals surface area contributed by atoms with Gasteiger partial charge in [-0.1, -0.05) is 6.92 Å². The van der Waals surface area contributed by atoms with Crippen LogP contribution >= 0.6 is 0 Å². The van der Waals surface area contributed by atoms with Crippen LogP contribution in [0.2, 0.25) is 0 Å². The van der Waals surface area contributed by atoms with E-state index in [4.69, 9.17) is 0 Å². The Balaban J connectivity index is 1.95. The van der Waals surface area contributed by atoms with E-state index in [1.54, 1.807) is 6.20 Å². The first-order valence-corrected chi connectivity index (χ1v) is 6.48. The van der Waals surface area contributed by atoms with Crippen LogP contribution in [0.5, 0.6) is 0 Å². The summed E-state index contributed by atoms with van der Waals surface area (Å²) in [6, 6.07) is 1.83. The molecule has 0 aliphatic carbocycles.